The molecular formula is C10H14N2OSi. The minimum Gasteiger partial charge on any atom is -0.496 e. The number of methoxy groups -OCH3 is 1. The molecule has 0 spiro atoms. The van der Waals surface area contributed by atoms with Crippen molar-refractivity contribution >= 4 is 9.68 Å². The Bertz CT molecular complexity index is 302. The zero-order valence-electron chi connectivity index (χ0n) is 8.53. The number of hydrogen-bond donors (Lipinski definition) is 0. The molecule has 0 aliphatic heterocycles. The van der Waals surface area contributed by atoms with Crippen molar-refractivity contribution in [3.05, 3.63) is 29.8 Å². The molecule has 74 valence electrons. The van der Waals surface area contributed by atoms with Gasteiger partial charge in [0.25, 0.3) is 0 Å². The van der Waals surface area contributed by atoms with Crippen molar-refractivity contribution in [1.82, 2.24) is 0 Å². The molecule has 0 aliphatic carbocycles. The zero-order valence-corrected chi connectivity index (χ0v) is 9.53. The number of benzene rings is 1. The van der Waals surface area contributed by atoms with Gasteiger partial charge in [-0.2, -0.15) is 5.11 Å². The molecule has 0 saturated carbocycles. The maximum absolute atomic E-state index is 5.20. The fraction of sp³-hybridized carbons (Fsp3) is 0.400. The van der Waals surface area contributed by atoms with Crippen molar-refractivity contribution in [1.29, 1.82) is 0 Å². The summed E-state index contributed by atoms with van der Waals surface area (Å²) in [6, 6.07) is 8.94. The molecule has 0 N–H and O–H groups in total. The lowest BCUT2D eigenvalue weighted by molar-refractivity contribution is 0.409. The van der Waals surface area contributed by atoms with E-state index in [0.29, 0.717) is 16.2 Å². The van der Waals surface area contributed by atoms with Crippen LogP contribution in [0.3, 0.4) is 0 Å². The highest BCUT2D eigenvalue weighted by Gasteiger charge is 1.98. The maximum Gasteiger partial charge on any atom is 0.241 e. The van der Waals surface area contributed by atoms with Crippen molar-refractivity contribution < 1.29 is 4.74 Å². The molecule has 1 rings (SSSR count). The first-order valence-electron chi connectivity index (χ1n) is 4.59. The lowest BCUT2D eigenvalue weighted by Gasteiger charge is -2.04. The Balaban J connectivity index is 2.57. The Labute approximate surface area is 87.1 Å². The van der Waals surface area contributed by atoms with E-state index in [9.17, 15) is 0 Å². The van der Waals surface area contributed by atoms with Crippen molar-refractivity contribution in [3.8, 4) is 5.75 Å². The lowest BCUT2D eigenvalue weighted by atomic mass is 10.2. The summed E-state index contributed by atoms with van der Waals surface area (Å²) in [5.74, 6) is 0.881. The highest BCUT2D eigenvalue weighted by Crippen LogP contribution is 2.17. The van der Waals surface area contributed by atoms with Gasteiger partial charge < -0.3 is 4.74 Å². The molecule has 0 heterocycles. The van der Waals surface area contributed by atoms with E-state index < -0.39 is 0 Å². The van der Waals surface area contributed by atoms with Crippen molar-refractivity contribution in [2.24, 2.45) is 9.89 Å². The quantitative estimate of drug-likeness (QED) is 0.538. The molecule has 0 fully saturated rings. The molecule has 3 nitrogen and oxygen atoms in total. The van der Waals surface area contributed by atoms with Gasteiger partial charge in [-0.15, -0.1) is 0 Å². The summed E-state index contributed by atoms with van der Waals surface area (Å²) in [6.07, 6.45) is 0. The van der Waals surface area contributed by atoms with E-state index in [4.69, 9.17) is 4.74 Å². The van der Waals surface area contributed by atoms with E-state index in [-0.39, 0.29) is 0 Å². The van der Waals surface area contributed by atoms with Gasteiger partial charge in [0.1, 0.15) is 5.75 Å². The standard InChI is InChI=1S/C10H14N2OSi/c1-3-14-12-11-8-9-6-4-5-7-10(9)13-2/h4-7H,3,8H2,1-2H3. The first-order chi connectivity index (χ1) is 6.88. The monoisotopic (exact) mass is 206 g/mol. The van der Waals surface area contributed by atoms with Crippen LogP contribution in [0.15, 0.2) is 34.2 Å². The Morgan fingerprint density at radius 1 is 1.36 bits per heavy atom. The van der Waals surface area contributed by atoms with Gasteiger partial charge in [0.05, 0.1) is 13.7 Å². The molecule has 0 atom stereocenters. The molecular weight excluding hydrogens is 192 g/mol. The summed E-state index contributed by atoms with van der Waals surface area (Å²) in [4.78, 5) is 0. The molecule has 0 amide bonds. The van der Waals surface area contributed by atoms with Crippen molar-refractivity contribution in [3.63, 3.8) is 0 Å². The summed E-state index contributed by atoms with van der Waals surface area (Å²) in [5.41, 5.74) is 1.08. The number of hydrogen-bond acceptors (Lipinski definition) is 3. The van der Waals surface area contributed by atoms with Gasteiger partial charge in [-0.3, -0.25) is 0 Å². The van der Waals surface area contributed by atoms with Gasteiger partial charge >= 0.3 is 0 Å². The minimum absolute atomic E-state index is 0.582. The van der Waals surface area contributed by atoms with Crippen LogP contribution in [0.5, 0.6) is 5.75 Å². The predicted molar refractivity (Wildman–Crippen MR) is 57.8 cm³/mol. The molecule has 0 bridgehead atoms. The van der Waals surface area contributed by atoms with E-state index >= 15 is 0 Å². The Kier molecular flexibility index (Phi) is 4.92. The van der Waals surface area contributed by atoms with E-state index in [1.165, 1.54) is 0 Å². The summed E-state index contributed by atoms with van der Waals surface area (Å²) >= 11 is 0. The van der Waals surface area contributed by atoms with Crippen LogP contribution in [0.25, 0.3) is 0 Å². The first-order valence-corrected chi connectivity index (χ1v) is 5.75. The average molecular weight is 206 g/mol. The molecule has 0 saturated heterocycles. The molecule has 0 aromatic heterocycles. The highest BCUT2D eigenvalue weighted by molar-refractivity contribution is 6.32. The number of ether oxygens (including phenoxy) is 1. The second-order valence-electron chi connectivity index (χ2n) is 2.72. The Morgan fingerprint density at radius 2 is 2.14 bits per heavy atom. The minimum atomic E-state index is 0.582. The molecule has 0 aliphatic rings. The molecule has 0 unspecified atom stereocenters. The summed E-state index contributed by atoms with van der Waals surface area (Å²) in [6.45, 7) is 2.71. The topological polar surface area (TPSA) is 34.0 Å². The van der Waals surface area contributed by atoms with Crippen LogP contribution >= 0.6 is 0 Å². The second kappa shape index (κ2) is 6.31. The van der Waals surface area contributed by atoms with Gasteiger partial charge in [0.15, 0.2) is 0 Å². The van der Waals surface area contributed by atoms with Gasteiger partial charge in [0.2, 0.25) is 9.68 Å². The second-order valence-corrected chi connectivity index (χ2v) is 3.95. The van der Waals surface area contributed by atoms with Crippen molar-refractivity contribution in [2.45, 2.75) is 19.5 Å². The predicted octanol–water partition coefficient (Wildman–Crippen LogP) is 2.70. The summed E-state index contributed by atoms with van der Waals surface area (Å²) < 4.78 is 9.26. The fourth-order valence-corrected chi connectivity index (χ4v) is 1.38. The third kappa shape index (κ3) is 3.30. The molecule has 1 aromatic carbocycles. The van der Waals surface area contributed by atoms with Crippen LogP contribution in [0.4, 0.5) is 0 Å². The summed E-state index contributed by atoms with van der Waals surface area (Å²) in [7, 11) is 2.25. The molecule has 14 heavy (non-hydrogen) atoms. The van der Waals surface area contributed by atoms with Gasteiger partial charge in [-0.1, -0.05) is 25.1 Å². The van der Waals surface area contributed by atoms with Crippen LogP contribution in [-0.2, 0) is 6.54 Å². The molecule has 2 radical (unpaired) electrons. The van der Waals surface area contributed by atoms with Crippen LogP contribution in [-0.4, -0.2) is 16.8 Å². The van der Waals surface area contributed by atoms with E-state index in [2.05, 4.69) is 16.8 Å². The fourth-order valence-electron chi connectivity index (χ4n) is 1.07. The SMILES string of the molecule is CC[Si]N=NCc1ccccc1OC. The number of para-hydroxylation sites is 1. The zero-order chi connectivity index (χ0) is 10.2. The first kappa shape index (κ1) is 10.9. The Hall–Kier alpha value is -1.16. The van der Waals surface area contributed by atoms with E-state index in [1.807, 2.05) is 24.3 Å². The third-order valence-corrected chi connectivity index (χ3v) is 2.33. The van der Waals surface area contributed by atoms with Crippen LogP contribution in [0.2, 0.25) is 6.04 Å². The molecule has 1 aromatic rings. The lowest BCUT2D eigenvalue weighted by Crippen LogP contribution is -1.90. The largest absolute Gasteiger partial charge is 0.496 e. The number of nitrogens with zero attached hydrogens (tertiary/aromatic N) is 2. The summed E-state index contributed by atoms with van der Waals surface area (Å²) in [5, 5.41) is 4.10. The average Bonchev–Trinajstić information content (AvgIpc) is 2.25. The van der Waals surface area contributed by atoms with Gasteiger partial charge in [0, 0.05) is 5.56 Å². The third-order valence-electron chi connectivity index (χ3n) is 1.73. The normalized spacial score (nSPS) is 10.7. The van der Waals surface area contributed by atoms with Crippen LogP contribution in [0.1, 0.15) is 12.5 Å². The van der Waals surface area contributed by atoms with Crippen molar-refractivity contribution in [2.75, 3.05) is 7.11 Å². The van der Waals surface area contributed by atoms with Gasteiger partial charge in [-0.25, -0.2) is 4.78 Å². The van der Waals surface area contributed by atoms with Crippen LogP contribution < -0.4 is 4.74 Å². The van der Waals surface area contributed by atoms with E-state index in [0.717, 1.165) is 17.4 Å². The number of rotatable bonds is 5. The smallest absolute Gasteiger partial charge is 0.241 e. The maximum atomic E-state index is 5.20. The highest BCUT2D eigenvalue weighted by atomic mass is 28.2. The van der Waals surface area contributed by atoms with Gasteiger partial charge in [-0.05, 0) is 12.1 Å². The van der Waals surface area contributed by atoms with Crippen LogP contribution in [0, 0.1) is 0 Å². The van der Waals surface area contributed by atoms with E-state index in [1.54, 1.807) is 7.11 Å². The molecule has 4 heteroatoms. The Morgan fingerprint density at radius 3 is 2.86 bits per heavy atom.